The smallest absolute Gasteiger partial charge is 0.251 e. The highest BCUT2D eigenvalue weighted by Crippen LogP contribution is 2.16. The van der Waals surface area contributed by atoms with Crippen LogP contribution >= 0.6 is 0 Å². The van der Waals surface area contributed by atoms with Crippen LogP contribution in [0.15, 0.2) is 91.4 Å². The predicted octanol–water partition coefficient (Wildman–Crippen LogP) is 4.03. The average Bonchev–Trinajstić information content (AvgIpc) is 3.36. The molecule has 1 amide bonds. The summed E-state index contributed by atoms with van der Waals surface area (Å²) in [7, 11) is 0. The molecule has 2 aromatic heterocycles. The van der Waals surface area contributed by atoms with Crippen LogP contribution in [0, 0.1) is 11.8 Å². The largest absolute Gasteiger partial charge is 0.352 e. The van der Waals surface area contributed by atoms with E-state index in [0.717, 1.165) is 35.3 Å². The number of hydrogen-bond donors (Lipinski definition) is 1. The Morgan fingerprint density at radius 3 is 2.58 bits per heavy atom. The van der Waals surface area contributed by atoms with Gasteiger partial charge in [0, 0.05) is 42.0 Å². The van der Waals surface area contributed by atoms with Crippen molar-refractivity contribution in [2.75, 3.05) is 6.54 Å². The molecule has 5 nitrogen and oxygen atoms in total. The van der Waals surface area contributed by atoms with Crippen molar-refractivity contribution in [3.05, 3.63) is 114 Å². The molecule has 1 N–H and O–H groups in total. The first kappa shape index (κ1) is 20.1. The standard InChI is InChI=1S/C26H22N4O/c31-26(28-17-6-11-24-10-4-5-16-27-24)23-14-15-25(30-19-7-18-29-30)22(20-23)13-12-21-8-2-1-3-9-21/h1-5,7-10,14-16,18-20H,6,11,17H2,(H,28,31). The lowest BCUT2D eigenvalue weighted by Crippen LogP contribution is -2.25. The van der Waals surface area contributed by atoms with E-state index in [1.165, 1.54) is 0 Å². The maximum atomic E-state index is 12.7. The van der Waals surface area contributed by atoms with E-state index in [-0.39, 0.29) is 5.91 Å². The zero-order valence-electron chi connectivity index (χ0n) is 17.0. The summed E-state index contributed by atoms with van der Waals surface area (Å²) >= 11 is 0. The van der Waals surface area contributed by atoms with Crippen molar-refractivity contribution < 1.29 is 4.79 Å². The summed E-state index contributed by atoms with van der Waals surface area (Å²) in [6.45, 7) is 0.585. The molecule has 2 aromatic carbocycles. The lowest BCUT2D eigenvalue weighted by atomic mass is 10.1. The highest BCUT2D eigenvalue weighted by molar-refractivity contribution is 5.95. The molecule has 0 aliphatic rings. The topological polar surface area (TPSA) is 59.8 Å². The summed E-state index contributed by atoms with van der Waals surface area (Å²) in [6.07, 6.45) is 7.02. The number of benzene rings is 2. The third-order valence-electron chi connectivity index (χ3n) is 4.75. The van der Waals surface area contributed by atoms with E-state index < -0.39 is 0 Å². The fourth-order valence-corrected chi connectivity index (χ4v) is 3.17. The van der Waals surface area contributed by atoms with Crippen LogP contribution in [-0.2, 0) is 6.42 Å². The van der Waals surface area contributed by atoms with Gasteiger partial charge in [-0.15, -0.1) is 0 Å². The van der Waals surface area contributed by atoms with Gasteiger partial charge in [-0.2, -0.15) is 5.10 Å². The van der Waals surface area contributed by atoms with Gasteiger partial charge in [-0.3, -0.25) is 9.78 Å². The lowest BCUT2D eigenvalue weighted by molar-refractivity contribution is 0.0953. The average molecular weight is 406 g/mol. The number of aryl methyl sites for hydroxylation is 1. The molecule has 0 saturated heterocycles. The maximum Gasteiger partial charge on any atom is 0.251 e. The highest BCUT2D eigenvalue weighted by atomic mass is 16.1. The van der Waals surface area contributed by atoms with Crippen molar-refractivity contribution in [1.29, 1.82) is 0 Å². The Hall–Kier alpha value is -4.17. The highest BCUT2D eigenvalue weighted by Gasteiger charge is 2.10. The molecule has 0 aliphatic heterocycles. The third-order valence-corrected chi connectivity index (χ3v) is 4.75. The van der Waals surface area contributed by atoms with Crippen LogP contribution in [0.5, 0.6) is 0 Å². The normalized spacial score (nSPS) is 10.2. The number of amides is 1. The zero-order chi connectivity index (χ0) is 21.3. The molecular formula is C26H22N4O. The lowest BCUT2D eigenvalue weighted by Gasteiger charge is -2.09. The van der Waals surface area contributed by atoms with E-state index in [2.05, 4.69) is 27.2 Å². The second kappa shape index (κ2) is 10.0. The van der Waals surface area contributed by atoms with E-state index in [0.29, 0.717) is 12.1 Å². The first-order valence-corrected chi connectivity index (χ1v) is 10.2. The van der Waals surface area contributed by atoms with Crippen LogP contribution in [0.2, 0.25) is 0 Å². The number of carbonyl (C=O) groups excluding carboxylic acids is 1. The number of nitrogens with zero attached hydrogens (tertiary/aromatic N) is 3. The van der Waals surface area contributed by atoms with Gasteiger partial charge in [0.1, 0.15) is 0 Å². The van der Waals surface area contributed by atoms with Gasteiger partial charge in [0.05, 0.1) is 11.3 Å². The molecule has 0 spiro atoms. The van der Waals surface area contributed by atoms with E-state index in [4.69, 9.17) is 0 Å². The quantitative estimate of drug-likeness (QED) is 0.389. The van der Waals surface area contributed by atoms with Gasteiger partial charge in [0.15, 0.2) is 0 Å². The minimum Gasteiger partial charge on any atom is -0.352 e. The van der Waals surface area contributed by atoms with Gasteiger partial charge in [-0.25, -0.2) is 4.68 Å². The molecule has 2 heterocycles. The molecule has 0 fully saturated rings. The third kappa shape index (κ3) is 5.46. The molecule has 4 aromatic rings. The van der Waals surface area contributed by atoms with Crippen LogP contribution in [0.4, 0.5) is 0 Å². The summed E-state index contributed by atoms with van der Waals surface area (Å²) in [4.78, 5) is 17.0. The van der Waals surface area contributed by atoms with Crippen LogP contribution in [-0.4, -0.2) is 27.2 Å². The summed E-state index contributed by atoms with van der Waals surface area (Å²) in [5.41, 5.74) is 4.09. The van der Waals surface area contributed by atoms with E-state index in [9.17, 15) is 4.79 Å². The molecular weight excluding hydrogens is 384 g/mol. The molecule has 0 atom stereocenters. The minimum atomic E-state index is -0.115. The fraction of sp³-hybridized carbons (Fsp3) is 0.115. The fourth-order valence-electron chi connectivity index (χ4n) is 3.17. The minimum absolute atomic E-state index is 0.115. The van der Waals surface area contributed by atoms with Gasteiger partial charge >= 0.3 is 0 Å². The van der Waals surface area contributed by atoms with Crippen LogP contribution in [0.1, 0.15) is 33.6 Å². The van der Waals surface area contributed by atoms with E-state index in [1.807, 2.05) is 72.9 Å². The number of rotatable bonds is 6. The summed E-state index contributed by atoms with van der Waals surface area (Å²) in [6, 6.07) is 23.0. The van der Waals surface area contributed by atoms with Crippen molar-refractivity contribution in [1.82, 2.24) is 20.1 Å². The van der Waals surface area contributed by atoms with Crippen molar-refractivity contribution in [2.45, 2.75) is 12.8 Å². The first-order chi connectivity index (χ1) is 15.3. The second-order valence-electron chi connectivity index (χ2n) is 6.98. The molecule has 31 heavy (non-hydrogen) atoms. The Morgan fingerprint density at radius 2 is 1.81 bits per heavy atom. The zero-order valence-corrected chi connectivity index (χ0v) is 17.0. The van der Waals surface area contributed by atoms with Gasteiger partial charge in [0.25, 0.3) is 5.91 Å². The number of carbonyl (C=O) groups is 1. The molecule has 0 radical (unpaired) electrons. The Bertz CT molecular complexity index is 1190. The van der Waals surface area contributed by atoms with E-state index >= 15 is 0 Å². The molecule has 5 heteroatoms. The van der Waals surface area contributed by atoms with E-state index in [1.54, 1.807) is 23.1 Å². The summed E-state index contributed by atoms with van der Waals surface area (Å²) in [5, 5.41) is 7.30. The van der Waals surface area contributed by atoms with Gasteiger partial charge in [-0.1, -0.05) is 36.1 Å². The second-order valence-corrected chi connectivity index (χ2v) is 6.98. The van der Waals surface area contributed by atoms with Crippen molar-refractivity contribution in [3.8, 4) is 17.5 Å². The Labute approximate surface area is 181 Å². The van der Waals surface area contributed by atoms with Gasteiger partial charge in [0.2, 0.25) is 0 Å². The maximum absolute atomic E-state index is 12.7. The number of pyridine rings is 1. The van der Waals surface area contributed by atoms with Crippen LogP contribution in [0.25, 0.3) is 5.69 Å². The molecule has 0 saturated carbocycles. The van der Waals surface area contributed by atoms with Crippen molar-refractivity contribution >= 4 is 5.91 Å². The molecule has 4 rings (SSSR count). The Morgan fingerprint density at radius 1 is 0.935 bits per heavy atom. The van der Waals surface area contributed by atoms with Crippen molar-refractivity contribution in [3.63, 3.8) is 0 Å². The van der Waals surface area contributed by atoms with Crippen molar-refractivity contribution in [2.24, 2.45) is 0 Å². The molecule has 152 valence electrons. The molecule has 0 aliphatic carbocycles. The molecule has 0 bridgehead atoms. The Balaban J connectivity index is 1.49. The first-order valence-electron chi connectivity index (χ1n) is 10.2. The SMILES string of the molecule is O=C(NCCCc1ccccn1)c1ccc(-n2cccn2)c(C#Cc2ccccc2)c1. The number of aromatic nitrogens is 3. The predicted molar refractivity (Wildman–Crippen MR) is 121 cm³/mol. The van der Waals surface area contributed by atoms with Gasteiger partial charge in [-0.05, 0) is 61.4 Å². The van der Waals surface area contributed by atoms with Gasteiger partial charge < -0.3 is 5.32 Å². The molecule has 0 unspecified atom stereocenters. The van der Waals surface area contributed by atoms with Crippen LogP contribution < -0.4 is 5.32 Å². The van der Waals surface area contributed by atoms with Crippen LogP contribution in [0.3, 0.4) is 0 Å². The monoisotopic (exact) mass is 406 g/mol. The summed E-state index contributed by atoms with van der Waals surface area (Å²) < 4.78 is 1.75. The number of hydrogen-bond acceptors (Lipinski definition) is 3. The Kier molecular flexibility index (Phi) is 6.51. The summed E-state index contributed by atoms with van der Waals surface area (Å²) in [5.74, 6) is 6.26. The number of nitrogens with one attached hydrogen (secondary N) is 1.